The van der Waals surface area contributed by atoms with Crippen molar-refractivity contribution in [2.24, 2.45) is 0 Å². The van der Waals surface area contributed by atoms with Gasteiger partial charge in [0.15, 0.2) is 0 Å². The highest BCUT2D eigenvalue weighted by molar-refractivity contribution is 6.22. The van der Waals surface area contributed by atoms with Crippen molar-refractivity contribution in [3.63, 3.8) is 0 Å². The molecule has 0 N–H and O–H groups in total. The Morgan fingerprint density at radius 2 is 0.830 bits per heavy atom. The number of rotatable bonds is 6. The van der Waals surface area contributed by atoms with Crippen LogP contribution in [-0.2, 0) is 0 Å². The summed E-state index contributed by atoms with van der Waals surface area (Å²) in [5.74, 6) is 0.920. The largest absolute Gasteiger partial charge is 0.292 e. The van der Waals surface area contributed by atoms with Gasteiger partial charge in [-0.25, -0.2) is 4.98 Å². The van der Waals surface area contributed by atoms with Crippen molar-refractivity contribution < 1.29 is 0 Å². The Bertz CT molecular complexity index is 2910. The molecule has 3 nitrogen and oxygen atoms in total. The molecule has 10 rings (SSSR count). The summed E-state index contributed by atoms with van der Waals surface area (Å²) in [4.78, 5) is 9.98. The van der Waals surface area contributed by atoms with E-state index in [1.165, 1.54) is 43.8 Å². The average Bonchev–Trinajstić information content (AvgIpc) is 3.63. The second-order valence-electron chi connectivity index (χ2n) is 13.4. The van der Waals surface area contributed by atoms with Crippen LogP contribution in [0.15, 0.2) is 200 Å². The van der Waals surface area contributed by atoms with E-state index in [0.717, 1.165) is 50.4 Å². The van der Waals surface area contributed by atoms with Gasteiger partial charge in [0, 0.05) is 34.8 Å². The van der Waals surface area contributed by atoms with Crippen molar-refractivity contribution in [3.8, 4) is 61.6 Å². The molecule has 10 aromatic rings. The number of fused-ring (bicyclic) bond motifs is 3. The molecule has 53 heavy (non-hydrogen) atoms. The Kier molecular flexibility index (Phi) is 7.47. The van der Waals surface area contributed by atoms with Gasteiger partial charge < -0.3 is 0 Å². The first-order valence-electron chi connectivity index (χ1n) is 18.0. The fourth-order valence-corrected chi connectivity index (χ4v) is 7.82. The Labute approximate surface area is 308 Å². The maximum atomic E-state index is 5.20. The van der Waals surface area contributed by atoms with Crippen molar-refractivity contribution in [1.82, 2.24) is 14.5 Å². The first-order chi connectivity index (χ1) is 26.3. The maximum absolute atomic E-state index is 5.20. The summed E-state index contributed by atoms with van der Waals surface area (Å²) in [6.07, 6.45) is 3.93. The standard InChI is InChI=1S/C50H33N3/c1-5-15-34(16-6-1)48-42-23-13-14-24-43(42)49(35-17-7-2-8-18-35)45-30-37(25-27-44(45)48)39-29-40(33-51-32-39)38-26-28-47-46(31-38)52-50(36-19-9-3-10-20-36)53(47)41-21-11-4-12-22-41/h1-33H. The van der Waals surface area contributed by atoms with Crippen LogP contribution >= 0.6 is 0 Å². The Balaban J connectivity index is 1.14. The van der Waals surface area contributed by atoms with Crippen molar-refractivity contribution in [3.05, 3.63) is 200 Å². The Hall–Kier alpha value is -7.10. The van der Waals surface area contributed by atoms with Crippen LogP contribution in [0, 0.1) is 0 Å². The van der Waals surface area contributed by atoms with E-state index in [9.17, 15) is 0 Å². The third-order valence-corrected chi connectivity index (χ3v) is 10.3. The number of nitrogens with zero attached hydrogens (tertiary/aromatic N) is 3. The van der Waals surface area contributed by atoms with Crippen LogP contribution in [-0.4, -0.2) is 14.5 Å². The van der Waals surface area contributed by atoms with Crippen LogP contribution in [0.3, 0.4) is 0 Å². The molecule has 0 atom stereocenters. The van der Waals surface area contributed by atoms with E-state index in [0.29, 0.717) is 0 Å². The van der Waals surface area contributed by atoms with Gasteiger partial charge in [-0.3, -0.25) is 9.55 Å². The summed E-state index contributed by atoms with van der Waals surface area (Å²) in [5, 5.41) is 4.95. The predicted octanol–water partition coefficient (Wildman–Crippen LogP) is 13.1. The molecule has 0 amide bonds. The monoisotopic (exact) mass is 675 g/mol. The molecule has 0 saturated carbocycles. The summed E-state index contributed by atoms with van der Waals surface area (Å²) in [6.45, 7) is 0. The molecule has 0 spiro atoms. The average molecular weight is 676 g/mol. The number of hydrogen-bond acceptors (Lipinski definition) is 2. The fourth-order valence-electron chi connectivity index (χ4n) is 7.82. The minimum Gasteiger partial charge on any atom is -0.292 e. The lowest BCUT2D eigenvalue weighted by Gasteiger charge is -2.18. The highest BCUT2D eigenvalue weighted by Crippen LogP contribution is 2.45. The number of imidazole rings is 1. The van der Waals surface area contributed by atoms with Crippen LogP contribution in [0.5, 0.6) is 0 Å². The lowest BCUT2D eigenvalue weighted by Crippen LogP contribution is -1.97. The number of para-hydroxylation sites is 1. The predicted molar refractivity (Wildman–Crippen MR) is 221 cm³/mol. The molecule has 0 aliphatic rings. The molecular weight excluding hydrogens is 643 g/mol. The molecular formula is C50H33N3. The molecule has 0 aliphatic carbocycles. The smallest absolute Gasteiger partial charge is 0.145 e. The van der Waals surface area contributed by atoms with E-state index in [-0.39, 0.29) is 0 Å². The number of benzene rings is 8. The maximum Gasteiger partial charge on any atom is 0.145 e. The van der Waals surface area contributed by atoms with E-state index in [2.05, 4.69) is 180 Å². The molecule has 0 bridgehead atoms. The number of aromatic nitrogens is 3. The Morgan fingerprint density at radius 1 is 0.340 bits per heavy atom. The highest BCUT2D eigenvalue weighted by atomic mass is 15.1. The SMILES string of the molecule is c1ccc(-c2c3ccccc3c(-c3ccccc3)c3cc(-c4cncc(-c5ccc6c(c5)nc(-c5ccccc5)n6-c5ccccc5)c4)ccc23)cc1. The first-order valence-corrected chi connectivity index (χ1v) is 18.0. The van der Waals surface area contributed by atoms with Crippen molar-refractivity contribution in [1.29, 1.82) is 0 Å². The summed E-state index contributed by atoms with van der Waals surface area (Å²) in [5.41, 5.74) is 13.4. The van der Waals surface area contributed by atoms with Gasteiger partial charge in [0.05, 0.1) is 11.0 Å². The summed E-state index contributed by atoms with van der Waals surface area (Å²) in [6, 6.07) is 66.9. The molecule has 0 radical (unpaired) electrons. The zero-order valence-electron chi connectivity index (χ0n) is 28.9. The summed E-state index contributed by atoms with van der Waals surface area (Å²) in [7, 11) is 0. The molecule has 0 saturated heterocycles. The van der Waals surface area contributed by atoms with Crippen molar-refractivity contribution in [2.45, 2.75) is 0 Å². The third kappa shape index (κ3) is 5.38. The summed E-state index contributed by atoms with van der Waals surface area (Å²) >= 11 is 0. The molecule has 2 heterocycles. The van der Waals surface area contributed by atoms with Gasteiger partial charge in [-0.2, -0.15) is 0 Å². The van der Waals surface area contributed by atoms with Gasteiger partial charge in [-0.15, -0.1) is 0 Å². The van der Waals surface area contributed by atoms with Gasteiger partial charge in [0.2, 0.25) is 0 Å². The second kappa shape index (κ2) is 12.9. The highest BCUT2D eigenvalue weighted by Gasteiger charge is 2.18. The van der Waals surface area contributed by atoms with Gasteiger partial charge in [0.1, 0.15) is 5.82 Å². The third-order valence-electron chi connectivity index (χ3n) is 10.3. The number of pyridine rings is 1. The van der Waals surface area contributed by atoms with Gasteiger partial charge in [0.25, 0.3) is 0 Å². The lowest BCUT2D eigenvalue weighted by atomic mass is 9.85. The fraction of sp³-hybridized carbons (Fsp3) is 0. The van der Waals surface area contributed by atoms with Gasteiger partial charge in [-0.05, 0) is 91.3 Å². The van der Waals surface area contributed by atoms with Crippen LogP contribution in [0.1, 0.15) is 0 Å². The molecule has 0 aliphatic heterocycles. The van der Waals surface area contributed by atoms with Gasteiger partial charge in [-0.1, -0.05) is 152 Å². The molecule has 248 valence electrons. The van der Waals surface area contributed by atoms with E-state index in [1.54, 1.807) is 0 Å². The lowest BCUT2D eigenvalue weighted by molar-refractivity contribution is 1.10. The normalized spacial score (nSPS) is 11.4. The quantitative estimate of drug-likeness (QED) is 0.164. The Morgan fingerprint density at radius 3 is 1.45 bits per heavy atom. The van der Waals surface area contributed by atoms with Crippen LogP contribution < -0.4 is 0 Å². The van der Waals surface area contributed by atoms with E-state index < -0.39 is 0 Å². The van der Waals surface area contributed by atoms with E-state index in [4.69, 9.17) is 9.97 Å². The molecule has 8 aromatic carbocycles. The first kappa shape index (κ1) is 30.7. The van der Waals surface area contributed by atoms with E-state index >= 15 is 0 Å². The van der Waals surface area contributed by atoms with Crippen LogP contribution in [0.4, 0.5) is 0 Å². The molecule has 2 aromatic heterocycles. The zero-order valence-corrected chi connectivity index (χ0v) is 28.9. The van der Waals surface area contributed by atoms with Crippen LogP contribution in [0.2, 0.25) is 0 Å². The second-order valence-corrected chi connectivity index (χ2v) is 13.4. The van der Waals surface area contributed by atoms with Crippen molar-refractivity contribution in [2.75, 3.05) is 0 Å². The minimum atomic E-state index is 0.920. The van der Waals surface area contributed by atoms with Gasteiger partial charge >= 0.3 is 0 Å². The summed E-state index contributed by atoms with van der Waals surface area (Å²) < 4.78 is 2.25. The topological polar surface area (TPSA) is 30.7 Å². The zero-order chi connectivity index (χ0) is 35.1. The van der Waals surface area contributed by atoms with Crippen molar-refractivity contribution >= 4 is 32.6 Å². The van der Waals surface area contributed by atoms with E-state index in [1.807, 2.05) is 24.5 Å². The van der Waals surface area contributed by atoms with Crippen LogP contribution in [0.25, 0.3) is 94.2 Å². The minimum absolute atomic E-state index is 0.920. The number of hydrogen-bond donors (Lipinski definition) is 0. The molecule has 0 unspecified atom stereocenters. The molecule has 3 heteroatoms. The molecule has 0 fully saturated rings.